The Morgan fingerprint density at radius 3 is 2.64 bits per heavy atom. The molecule has 0 bridgehead atoms. The van der Waals surface area contributed by atoms with E-state index in [4.69, 9.17) is 9.47 Å². The van der Waals surface area contributed by atoms with Crippen molar-refractivity contribution in [1.29, 1.82) is 0 Å². The summed E-state index contributed by atoms with van der Waals surface area (Å²) < 4.78 is 53.4. The number of carbonyl (C=O) groups is 1. The third kappa shape index (κ3) is 4.59. The van der Waals surface area contributed by atoms with Gasteiger partial charge in [0.1, 0.15) is 18.2 Å². The van der Waals surface area contributed by atoms with Crippen LogP contribution in [-0.4, -0.2) is 44.7 Å². The van der Waals surface area contributed by atoms with Gasteiger partial charge in [-0.3, -0.25) is 4.79 Å². The molecule has 1 saturated carbocycles. The topological polar surface area (TPSA) is 50.8 Å². The SMILES string of the molecule is COc1cc(C2CC(N(C)C)C2)c(F)cc1[C@H](C)NC(=O)c1ccc2c(c1)COCC2(F)F. The minimum atomic E-state index is -3.07. The Kier molecular flexibility index (Phi) is 6.42. The fraction of sp³-hybridized carbons (Fsp3) is 0.480. The van der Waals surface area contributed by atoms with Crippen LogP contribution in [0.25, 0.3) is 0 Å². The number of ether oxygens (including phenoxy) is 2. The van der Waals surface area contributed by atoms with Crippen LogP contribution >= 0.6 is 0 Å². The molecule has 0 saturated heterocycles. The lowest BCUT2D eigenvalue weighted by Gasteiger charge is -2.40. The van der Waals surface area contributed by atoms with Gasteiger partial charge in [0.05, 0.1) is 19.8 Å². The average Bonchev–Trinajstić information content (AvgIpc) is 2.72. The van der Waals surface area contributed by atoms with Crippen LogP contribution in [0.4, 0.5) is 13.2 Å². The van der Waals surface area contributed by atoms with Gasteiger partial charge in [-0.25, -0.2) is 4.39 Å². The molecule has 0 spiro atoms. The van der Waals surface area contributed by atoms with Crippen molar-refractivity contribution in [3.63, 3.8) is 0 Å². The number of benzene rings is 2. The third-order valence-electron chi connectivity index (χ3n) is 6.75. The van der Waals surface area contributed by atoms with Crippen molar-refractivity contribution < 1.29 is 27.4 Å². The zero-order chi connectivity index (χ0) is 23.9. The molecule has 8 heteroatoms. The Morgan fingerprint density at radius 2 is 1.97 bits per heavy atom. The minimum absolute atomic E-state index is 0.0257. The second-order valence-corrected chi connectivity index (χ2v) is 9.17. The number of alkyl halides is 2. The van der Waals surface area contributed by atoms with E-state index < -0.39 is 24.5 Å². The highest BCUT2D eigenvalue weighted by atomic mass is 19.3. The summed E-state index contributed by atoms with van der Waals surface area (Å²) in [4.78, 5) is 15.0. The Morgan fingerprint density at radius 1 is 1.24 bits per heavy atom. The molecule has 1 aliphatic carbocycles. The monoisotopic (exact) mass is 462 g/mol. The van der Waals surface area contributed by atoms with Gasteiger partial charge in [-0.1, -0.05) is 6.07 Å². The largest absolute Gasteiger partial charge is 0.496 e. The number of rotatable bonds is 6. The quantitative estimate of drug-likeness (QED) is 0.673. The molecule has 2 aliphatic rings. The van der Waals surface area contributed by atoms with Gasteiger partial charge < -0.3 is 19.7 Å². The van der Waals surface area contributed by atoms with Crippen molar-refractivity contribution in [2.24, 2.45) is 0 Å². The van der Waals surface area contributed by atoms with E-state index in [1.54, 1.807) is 13.0 Å². The maximum Gasteiger partial charge on any atom is 0.296 e. The molecule has 1 amide bonds. The third-order valence-corrected chi connectivity index (χ3v) is 6.75. The van der Waals surface area contributed by atoms with Crippen LogP contribution < -0.4 is 10.1 Å². The molecule has 2 aromatic carbocycles. The van der Waals surface area contributed by atoms with Gasteiger partial charge in [0.2, 0.25) is 0 Å². The first kappa shape index (κ1) is 23.6. The Hall–Kier alpha value is -2.58. The molecular weight excluding hydrogens is 433 g/mol. The molecule has 4 rings (SSSR count). The number of nitrogens with zero attached hydrogens (tertiary/aromatic N) is 1. The molecule has 1 aliphatic heterocycles. The predicted molar refractivity (Wildman–Crippen MR) is 118 cm³/mol. The van der Waals surface area contributed by atoms with Gasteiger partial charge in [0, 0.05) is 22.7 Å². The van der Waals surface area contributed by atoms with Crippen LogP contribution in [0.15, 0.2) is 30.3 Å². The Labute approximate surface area is 191 Å². The van der Waals surface area contributed by atoms with Crippen molar-refractivity contribution in [1.82, 2.24) is 10.2 Å². The first-order chi connectivity index (χ1) is 15.6. The standard InChI is InChI=1S/C25H29F3N2O3/c1-14(29-24(31)15-5-6-21-17(7-15)12-33-13-25(21,27)28)19-10-22(26)20(11-23(19)32-4)16-8-18(9-16)30(2)3/h5-7,10-11,14,16,18H,8-9,12-13H2,1-4H3,(H,29,31)/t14-,16?,18?/m0/s1. The lowest BCUT2D eigenvalue weighted by Crippen LogP contribution is -2.39. The van der Waals surface area contributed by atoms with Crippen LogP contribution in [0.3, 0.4) is 0 Å². The predicted octanol–water partition coefficient (Wildman–Crippen LogP) is 4.75. The van der Waals surface area contributed by atoms with Crippen LogP contribution in [0.2, 0.25) is 0 Å². The summed E-state index contributed by atoms with van der Waals surface area (Å²) in [7, 11) is 5.56. The molecule has 178 valence electrons. The highest BCUT2D eigenvalue weighted by Gasteiger charge is 2.38. The number of halogens is 3. The molecule has 1 fully saturated rings. The van der Waals surface area contributed by atoms with Gasteiger partial charge in [0.15, 0.2) is 0 Å². The smallest absolute Gasteiger partial charge is 0.296 e. The van der Waals surface area contributed by atoms with Gasteiger partial charge in [-0.05, 0) is 75.2 Å². The lowest BCUT2D eigenvalue weighted by molar-refractivity contribution is -0.103. The fourth-order valence-corrected chi connectivity index (χ4v) is 4.61. The van der Waals surface area contributed by atoms with Gasteiger partial charge in [-0.15, -0.1) is 0 Å². The van der Waals surface area contributed by atoms with Crippen LogP contribution in [-0.2, 0) is 17.3 Å². The number of fused-ring (bicyclic) bond motifs is 1. The Bertz CT molecular complexity index is 1050. The van der Waals surface area contributed by atoms with Crippen molar-refractivity contribution in [3.05, 3.63) is 64.0 Å². The molecule has 2 aromatic rings. The van der Waals surface area contributed by atoms with E-state index in [9.17, 15) is 18.0 Å². The van der Waals surface area contributed by atoms with Crippen molar-refractivity contribution in [2.45, 2.75) is 50.3 Å². The van der Waals surface area contributed by atoms with E-state index in [2.05, 4.69) is 10.2 Å². The van der Waals surface area contributed by atoms with Gasteiger partial charge >= 0.3 is 0 Å². The van der Waals surface area contributed by atoms with Gasteiger partial charge in [0.25, 0.3) is 11.8 Å². The first-order valence-electron chi connectivity index (χ1n) is 11.0. The van der Waals surface area contributed by atoms with E-state index in [1.807, 2.05) is 14.1 Å². The summed E-state index contributed by atoms with van der Waals surface area (Å²) in [6, 6.07) is 7.10. The molecule has 1 N–H and O–H groups in total. The number of amides is 1. The van der Waals surface area contributed by atoms with Crippen molar-refractivity contribution >= 4 is 5.91 Å². The normalized spacial score (nSPS) is 22.3. The molecule has 1 atom stereocenters. The summed E-state index contributed by atoms with van der Waals surface area (Å²) in [6.45, 7) is 1.09. The summed E-state index contributed by atoms with van der Waals surface area (Å²) in [6.07, 6.45) is 1.78. The summed E-state index contributed by atoms with van der Waals surface area (Å²) in [5, 5.41) is 2.82. The highest BCUT2D eigenvalue weighted by molar-refractivity contribution is 5.94. The zero-order valence-electron chi connectivity index (χ0n) is 19.3. The van der Waals surface area contributed by atoms with E-state index in [0.717, 1.165) is 12.8 Å². The Balaban J connectivity index is 1.51. The molecule has 33 heavy (non-hydrogen) atoms. The van der Waals surface area contributed by atoms with Crippen LogP contribution in [0.1, 0.15) is 64.3 Å². The lowest BCUT2D eigenvalue weighted by atomic mass is 9.75. The number of hydrogen-bond donors (Lipinski definition) is 1. The molecule has 1 heterocycles. The first-order valence-corrected chi connectivity index (χ1v) is 11.0. The summed E-state index contributed by atoms with van der Waals surface area (Å²) in [5.74, 6) is -3.19. The highest BCUT2D eigenvalue weighted by Crippen LogP contribution is 2.42. The van der Waals surface area contributed by atoms with E-state index >= 15 is 0 Å². The summed E-state index contributed by atoms with van der Waals surface area (Å²) in [5.41, 5.74) is 1.55. The average molecular weight is 463 g/mol. The fourth-order valence-electron chi connectivity index (χ4n) is 4.61. The van der Waals surface area contributed by atoms with Crippen LogP contribution in [0, 0.1) is 5.82 Å². The summed E-state index contributed by atoms with van der Waals surface area (Å²) >= 11 is 0. The number of hydrogen-bond acceptors (Lipinski definition) is 4. The number of methoxy groups -OCH3 is 1. The maximum atomic E-state index is 15.0. The van der Waals surface area contributed by atoms with E-state index in [0.29, 0.717) is 22.9 Å². The molecule has 0 aromatic heterocycles. The maximum absolute atomic E-state index is 15.0. The molecule has 5 nitrogen and oxygen atoms in total. The number of carbonyl (C=O) groups excluding carboxylic acids is 1. The van der Waals surface area contributed by atoms with E-state index in [1.165, 1.54) is 31.4 Å². The zero-order valence-corrected chi connectivity index (χ0v) is 19.3. The molecular formula is C25H29F3N2O3. The molecule has 0 unspecified atom stereocenters. The van der Waals surface area contributed by atoms with Crippen molar-refractivity contribution in [3.8, 4) is 5.75 Å². The number of nitrogens with one attached hydrogen (secondary N) is 1. The van der Waals surface area contributed by atoms with Gasteiger partial charge in [-0.2, -0.15) is 8.78 Å². The second kappa shape index (κ2) is 8.99. The second-order valence-electron chi connectivity index (χ2n) is 9.17. The van der Waals surface area contributed by atoms with E-state index in [-0.39, 0.29) is 35.0 Å². The minimum Gasteiger partial charge on any atom is -0.496 e. The molecule has 0 radical (unpaired) electrons. The van der Waals surface area contributed by atoms with Crippen molar-refractivity contribution in [2.75, 3.05) is 27.8 Å². The van der Waals surface area contributed by atoms with Crippen LogP contribution in [0.5, 0.6) is 5.75 Å².